The Hall–Kier alpha value is -1.07. The minimum atomic E-state index is -0.417. The van der Waals surface area contributed by atoms with Crippen LogP contribution < -0.4 is 10.6 Å². The van der Waals surface area contributed by atoms with E-state index in [9.17, 15) is 9.90 Å². The van der Waals surface area contributed by atoms with Gasteiger partial charge in [-0.15, -0.1) is 11.3 Å². The van der Waals surface area contributed by atoms with Gasteiger partial charge in [0.25, 0.3) is 0 Å². The highest BCUT2D eigenvalue weighted by Gasteiger charge is 2.21. The molecule has 1 fully saturated rings. The van der Waals surface area contributed by atoms with Crippen LogP contribution in [0.1, 0.15) is 32.1 Å². The largest absolute Gasteiger partial charge is 0.391 e. The van der Waals surface area contributed by atoms with Crippen molar-refractivity contribution in [1.82, 2.24) is 5.32 Å². The molecule has 1 atom stereocenters. The van der Waals surface area contributed by atoms with Crippen molar-refractivity contribution < 1.29 is 9.90 Å². The topological polar surface area (TPSA) is 61.4 Å². The number of rotatable bonds is 4. The minimum absolute atomic E-state index is 0.243. The lowest BCUT2D eigenvalue weighted by Gasteiger charge is -2.26. The first-order valence-electron chi connectivity index (χ1n) is 6.52. The number of anilines is 1. The van der Waals surface area contributed by atoms with E-state index in [0.717, 1.165) is 17.8 Å². The highest BCUT2D eigenvalue weighted by molar-refractivity contribution is 7.14. The number of aliphatic hydroxyl groups is 1. The first-order valence-corrected chi connectivity index (χ1v) is 7.40. The van der Waals surface area contributed by atoms with E-state index in [2.05, 4.69) is 10.6 Å². The number of hydrogen-bond acceptors (Lipinski definition) is 3. The number of amides is 2. The standard InChI is InChI=1S/C13H20N2O2S/c16-11(10-5-2-1-3-6-10)9-14-13(17)15-12-7-4-8-18-12/h4,7-8,10-11,16H,1-3,5-6,9H2,(H2,14,15,17)/t11-/m1/s1. The smallest absolute Gasteiger partial charge is 0.319 e. The quantitative estimate of drug-likeness (QED) is 0.786. The van der Waals surface area contributed by atoms with Gasteiger partial charge >= 0.3 is 6.03 Å². The van der Waals surface area contributed by atoms with Crippen LogP contribution in [-0.2, 0) is 0 Å². The Kier molecular flexibility index (Phi) is 5.01. The molecule has 0 saturated heterocycles. The number of hydrogen-bond donors (Lipinski definition) is 3. The molecule has 1 aromatic rings. The molecule has 1 aromatic heterocycles. The Bertz CT molecular complexity index is 361. The number of carbonyl (C=O) groups excluding carboxylic acids is 1. The first kappa shape index (κ1) is 13.4. The molecule has 2 rings (SSSR count). The van der Waals surface area contributed by atoms with Crippen molar-refractivity contribution >= 4 is 22.4 Å². The summed E-state index contributed by atoms with van der Waals surface area (Å²) in [5.74, 6) is 0.348. The highest BCUT2D eigenvalue weighted by atomic mass is 32.1. The number of nitrogens with one attached hydrogen (secondary N) is 2. The Morgan fingerprint density at radius 1 is 1.44 bits per heavy atom. The maximum Gasteiger partial charge on any atom is 0.319 e. The normalized spacial score (nSPS) is 18.3. The molecule has 0 aliphatic heterocycles. The maximum absolute atomic E-state index is 11.6. The molecule has 100 valence electrons. The molecular weight excluding hydrogens is 248 g/mol. The van der Waals surface area contributed by atoms with Gasteiger partial charge in [0.15, 0.2) is 0 Å². The first-order chi connectivity index (χ1) is 8.75. The Balaban J connectivity index is 1.68. The lowest BCUT2D eigenvalue weighted by Crippen LogP contribution is -2.38. The van der Waals surface area contributed by atoms with Crippen molar-refractivity contribution in [2.75, 3.05) is 11.9 Å². The average Bonchev–Trinajstić information content (AvgIpc) is 2.90. The van der Waals surface area contributed by atoms with E-state index in [-0.39, 0.29) is 6.03 Å². The molecule has 0 radical (unpaired) electrons. The van der Waals surface area contributed by atoms with Crippen molar-refractivity contribution in [2.45, 2.75) is 38.2 Å². The van der Waals surface area contributed by atoms with Crippen LogP contribution in [0.25, 0.3) is 0 Å². The molecule has 1 aliphatic rings. The van der Waals surface area contributed by atoms with E-state index in [1.165, 1.54) is 30.6 Å². The Morgan fingerprint density at radius 2 is 2.22 bits per heavy atom. The van der Waals surface area contributed by atoms with Crippen LogP contribution in [0.3, 0.4) is 0 Å². The van der Waals surface area contributed by atoms with Crippen molar-refractivity contribution in [2.24, 2.45) is 5.92 Å². The zero-order chi connectivity index (χ0) is 12.8. The number of carbonyl (C=O) groups is 1. The summed E-state index contributed by atoms with van der Waals surface area (Å²) in [6.45, 7) is 0.335. The van der Waals surface area contributed by atoms with Crippen molar-refractivity contribution in [1.29, 1.82) is 0 Å². The summed E-state index contributed by atoms with van der Waals surface area (Å²) in [6.07, 6.45) is 5.41. The van der Waals surface area contributed by atoms with Gasteiger partial charge < -0.3 is 10.4 Å². The summed E-state index contributed by atoms with van der Waals surface area (Å²) in [7, 11) is 0. The Morgan fingerprint density at radius 3 is 2.89 bits per heavy atom. The van der Waals surface area contributed by atoms with Gasteiger partial charge in [-0.25, -0.2) is 4.79 Å². The molecule has 1 saturated carbocycles. The van der Waals surface area contributed by atoms with Crippen LogP contribution in [0, 0.1) is 5.92 Å². The van der Waals surface area contributed by atoms with Crippen molar-refractivity contribution in [3.8, 4) is 0 Å². The van der Waals surface area contributed by atoms with E-state index in [1.807, 2.05) is 17.5 Å². The molecule has 0 spiro atoms. The lowest BCUT2D eigenvalue weighted by molar-refractivity contribution is 0.0863. The molecule has 0 unspecified atom stereocenters. The predicted molar refractivity (Wildman–Crippen MR) is 73.9 cm³/mol. The molecule has 0 bridgehead atoms. The van der Waals surface area contributed by atoms with Gasteiger partial charge in [0, 0.05) is 6.54 Å². The van der Waals surface area contributed by atoms with Gasteiger partial charge in [-0.1, -0.05) is 19.3 Å². The predicted octanol–water partition coefficient (Wildman–Crippen LogP) is 2.81. The van der Waals surface area contributed by atoms with Crippen LogP contribution in [0.4, 0.5) is 9.80 Å². The fourth-order valence-electron chi connectivity index (χ4n) is 2.39. The summed E-state index contributed by atoms with van der Waals surface area (Å²) >= 11 is 1.48. The van der Waals surface area contributed by atoms with E-state index in [1.54, 1.807) is 0 Å². The average molecular weight is 268 g/mol. The second-order valence-corrected chi connectivity index (χ2v) is 5.73. The van der Waals surface area contributed by atoms with E-state index in [4.69, 9.17) is 0 Å². The molecule has 1 heterocycles. The molecule has 5 heteroatoms. The van der Waals surface area contributed by atoms with Crippen LogP contribution in [0.2, 0.25) is 0 Å². The summed E-state index contributed by atoms with van der Waals surface area (Å²) in [6, 6.07) is 3.49. The second kappa shape index (κ2) is 6.75. The molecule has 18 heavy (non-hydrogen) atoms. The molecule has 2 amide bonds. The van der Waals surface area contributed by atoms with Crippen LogP contribution >= 0.6 is 11.3 Å². The zero-order valence-electron chi connectivity index (χ0n) is 10.4. The summed E-state index contributed by atoms with van der Waals surface area (Å²) < 4.78 is 0. The van der Waals surface area contributed by atoms with E-state index in [0.29, 0.717) is 12.5 Å². The third kappa shape index (κ3) is 3.99. The minimum Gasteiger partial charge on any atom is -0.391 e. The summed E-state index contributed by atoms with van der Waals surface area (Å²) in [5.41, 5.74) is 0. The SMILES string of the molecule is O=C(NC[C@@H](O)C1CCCCC1)Nc1cccs1. The fourth-order valence-corrected chi connectivity index (χ4v) is 3.00. The summed E-state index contributed by atoms with van der Waals surface area (Å²) in [4.78, 5) is 11.6. The third-order valence-corrected chi connectivity index (χ3v) is 4.21. The monoisotopic (exact) mass is 268 g/mol. The van der Waals surface area contributed by atoms with E-state index < -0.39 is 6.10 Å². The number of urea groups is 1. The Labute approximate surface area is 111 Å². The van der Waals surface area contributed by atoms with Gasteiger partial charge in [-0.2, -0.15) is 0 Å². The second-order valence-electron chi connectivity index (χ2n) is 4.78. The molecule has 1 aliphatic carbocycles. The van der Waals surface area contributed by atoms with Gasteiger partial charge in [0.1, 0.15) is 0 Å². The number of aliphatic hydroxyl groups excluding tert-OH is 1. The number of thiophene rings is 1. The van der Waals surface area contributed by atoms with Crippen molar-refractivity contribution in [3.05, 3.63) is 17.5 Å². The van der Waals surface area contributed by atoms with E-state index >= 15 is 0 Å². The van der Waals surface area contributed by atoms with Crippen LogP contribution in [0.5, 0.6) is 0 Å². The summed E-state index contributed by atoms with van der Waals surface area (Å²) in [5, 5.41) is 18.2. The molecule has 0 aromatic carbocycles. The van der Waals surface area contributed by atoms with Gasteiger partial charge in [0.05, 0.1) is 11.1 Å². The molecular formula is C13H20N2O2S. The molecule has 3 N–H and O–H groups in total. The van der Waals surface area contributed by atoms with Crippen LogP contribution in [-0.4, -0.2) is 23.8 Å². The highest BCUT2D eigenvalue weighted by Crippen LogP contribution is 2.26. The van der Waals surface area contributed by atoms with Gasteiger partial charge in [-0.05, 0) is 36.3 Å². The van der Waals surface area contributed by atoms with Crippen LogP contribution in [0.15, 0.2) is 17.5 Å². The van der Waals surface area contributed by atoms with Crippen molar-refractivity contribution in [3.63, 3.8) is 0 Å². The maximum atomic E-state index is 11.6. The fraction of sp³-hybridized carbons (Fsp3) is 0.615. The lowest BCUT2D eigenvalue weighted by atomic mass is 9.85. The molecule has 4 nitrogen and oxygen atoms in total. The third-order valence-electron chi connectivity index (χ3n) is 3.42. The van der Waals surface area contributed by atoms with Gasteiger partial charge in [-0.3, -0.25) is 5.32 Å². The van der Waals surface area contributed by atoms with Gasteiger partial charge in [0.2, 0.25) is 0 Å². The zero-order valence-corrected chi connectivity index (χ0v) is 11.2.